The summed E-state index contributed by atoms with van der Waals surface area (Å²) in [7, 11) is 4.06. The summed E-state index contributed by atoms with van der Waals surface area (Å²) in [4.78, 5) is 28.7. The van der Waals surface area contributed by atoms with Crippen LogP contribution in [0.3, 0.4) is 0 Å². The van der Waals surface area contributed by atoms with Gasteiger partial charge in [0.15, 0.2) is 0 Å². The van der Waals surface area contributed by atoms with Crippen molar-refractivity contribution in [2.24, 2.45) is 5.92 Å². The first-order chi connectivity index (χ1) is 12.4. The summed E-state index contributed by atoms with van der Waals surface area (Å²) in [6, 6.07) is 6.56. The van der Waals surface area contributed by atoms with Crippen molar-refractivity contribution in [1.82, 2.24) is 10.2 Å². The van der Waals surface area contributed by atoms with E-state index in [-0.39, 0.29) is 35.4 Å². The van der Waals surface area contributed by atoms with Crippen molar-refractivity contribution in [3.63, 3.8) is 0 Å². The van der Waals surface area contributed by atoms with E-state index in [0.29, 0.717) is 32.0 Å². The third-order valence-corrected chi connectivity index (χ3v) is 5.60. The number of hydrogen-bond acceptors (Lipinski definition) is 5. The summed E-state index contributed by atoms with van der Waals surface area (Å²) < 4.78 is 5.46. The number of anilines is 1. The Morgan fingerprint density at radius 2 is 2.12 bits per heavy atom. The molecule has 2 fully saturated rings. The zero-order valence-electron chi connectivity index (χ0n) is 15.4. The molecule has 2 amide bonds. The van der Waals surface area contributed by atoms with Crippen LogP contribution >= 0.6 is 0 Å². The molecule has 0 aliphatic carbocycles. The maximum Gasteiger partial charge on any atom is 0.227 e. The molecule has 2 heterocycles. The lowest BCUT2D eigenvalue weighted by molar-refractivity contribution is -0.127. The standard InChI is InChI=1S/C19H27N3O4/c1-21(2)19(6-8-26-9-7-19)13-20-18(25)14-10-17(24)22(12-14)15-4-3-5-16(23)11-15/h3-5,11,14,23H,6-10,12-13H2,1-2H3,(H,20,25)/t14-/m1/s1. The van der Waals surface area contributed by atoms with Crippen LogP contribution in [0.1, 0.15) is 19.3 Å². The monoisotopic (exact) mass is 361 g/mol. The molecule has 0 radical (unpaired) electrons. The Balaban J connectivity index is 1.61. The number of carbonyl (C=O) groups excluding carboxylic acids is 2. The number of benzene rings is 1. The number of nitrogens with one attached hydrogen (secondary N) is 1. The van der Waals surface area contributed by atoms with Crippen LogP contribution in [0.25, 0.3) is 0 Å². The van der Waals surface area contributed by atoms with Gasteiger partial charge in [0.2, 0.25) is 11.8 Å². The van der Waals surface area contributed by atoms with Gasteiger partial charge in [-0.15, -0.1) is 0 Å². The first-order valence-corrected chi connectivity index (χ1v) is 9.03. The molecular weight excluding hydrogens is 334 g/mol. The Morgan fingerprint density at radius 1 is 1.38 bits per heavy atom. The quantitative estimate of drug-likeness (QED) is 0.817. The Kier molecular flexibility index (Phi) is 5.48. The van der Waals surface area contributed by atoms with Crippen molar-refractivity contribution in [2.45, 2.75) is 24.8 Å². The van der Waals surface area contributed by atoms with Crippen molar-refractivity contribution >= 4 is 17.5 Å². The predicted molar refractivity (Wildman–Crippen MR) is 98.0 cm³/mol. The second-order valence-corrected chi connectivity index (χ2v) is 7.37. The first-order valence-electron chi connectivity index (χ1n) is 9.03. The van der Waals surface area contributed by atoms with E-state index in [4.69, 9.17) is 4.74 Å². The molecule has 1 atom stereocenters. The van der Waals surface area contributed by atoms with Crippen molar-refractivity contribution in [3.8, 4) is 5.75 Å². The fourth-order valence-corrected chi connectivity index (χ4v) is 3.72. The van der Waals surface area contributed by atoms with Crippen LogP contribution in [-0.4, -0.2) is 67.8 Å². The van der Waals surface area contributed by atoms with Crippen LogP contribution in [0.4, 0.5) is 5.69 Å². The van der Waals surface area contributed by atoms with Crippen molar-refractivity contribution in [2.75, 3.05) is 45.3 Å². The van der Waals surface area contributed by atoms with Gasteiger partial charge in [-0.05, 0) is 39.1 Å². The van der Waals surface area contributed by atoms with Gasteiger partial charge in [-0.3, -0.25) is 9.59 Å². The van der Waals surface area contributed by atoms with E-state index >= 15 is 0 Å². The number of carbonyl (C=O) groups is 2. The molecule has 0 aromatic heterocycles. The van der Waals surface area contributed by atoms with Gasteiger partial charge in [0.05, 0.1) is 5.92 Å². The van der Waals surface area contributed by atoms with E-state index in [1.54, 1.807) is 29.2 Å². The second kappa shape index (κ2) is 7.63. The fraction of sp³-hybridized carbons (Fsp3) is 0.579. The van der Waals surface area contributed by atoms with Crippen molar-refractivity contribution < 1.29 is 19.4 Å². The Labute approximate surface area is 153 Å². The minimum absolute atomic E-state index is 0.0891. The number of phenolic OH excluding ortho intramolecular Hbond substituents is 1. The van der Waals surface area contributed by atoms with Gasteiger partial charge < -0.3 is 25.0 Å². The first kappa shape index (κ1) is 18.7. The average Bonchev–Trinajstić information content (AvgIpc) is 3.02. The van der Waals surface area contributed by atoms with Crippen LogP contribution in [0.2, 0.25) is 0 Å². The molecule has 1 aromatic carbocycles. The molecule has 7 heteroatoms. The van der Waals surface area contributed by atoms with Gasteiger partial charge in [-0.1, -0.05) is 6.07 Å². The lowest BCUT2D eigenvalue weighted by Crippen LogP contribution is -2.56. The zero-order valence-corrected chi connectivity index (χ0v) is 15.4. The molecule has 142 valence electrons. The Bertz CT molecular complexity index is 671. The minimum Gasteiger partial charge on any atom is -0.508 e. The highest BCUT2D eigenvalue weighted by Gasteiger charge is 2.38. The molecule has 0 spiro atoms. The lowest BCUT2D eigenvalue weighted by atomic mass is 9.88. The van der Waals surface area contributed by atoms with E-state index in [1.807, 2.05) is 14.1 Å². The number of ether oxygens (including phenoxy) is 1. The van der Waals surface area contributed by atoms with Gasteiger partial charge in [-0.25, -0.2) is 0 Å². The summed E-state index contributed by atoms with van der Waals surface area (Å²) in [5.41, 5.74) is 0.529. The molecule has 0 unspecified atom stereocenters. The van der Waals surface area contributed by atoms with Crippen molar-refractivity contribution in [1.29, 1.82) is 0 Å². The number of hydrogen-bond donors (Lipinski definition) is 2. The van der Waals surface area contributed by atoms with Gasteiger partial charge in [0.25, 0.3) is 0 Å². The molecule has 26 heavy (non-hydrogen) atoms. The summed E-state index contributed by atoms with van der Waals surface area (Å²) in [5.74, 6) is -0.447. The average molecular weight is 361 g/mol. The van der Waals surface area contributed by atoms with Gasteiger partial charge in [-0.2, -0.15) is 0 Å². The van der Waals surface area contributed by atoms with Crippen LogP contribution in [-0.2, 0) is 14.3 Å². The van der Waals surface area contributed by atoms with Gasteiger partial charge in [0.1, 0.15) is 5.75 Å². The fourth-order valence-electron chi connectivity index (χ4n) is 3.72. The molecular formula is C19H27N3O4. The number of aromatic hydroxyl groups is 1. The topological polar surface area (TPSA) is 82.1 Å². The Hall–Kier alpha value is -2.12. The number of nitrogens with zero attached hydrogens (tertiary/aromatic N) is 2. The highest BCUT2D eigenvalue weighted by molar-refractivity contribution is 6.00. The SMILES string of the molecule is CN(C)C1(CNC(=O)[C@@H]2CC(=O)N(c3cccc(O)c3)C2)CCOCC1. The maximum absolute atomic E-state index is 12.7. The van der Waals surface area contributed by atoms with E-state index < -0.39 is 0 Å². The molecule has 7 nitrogen and oxygen atoms in total. The number of amides is 2. The van der Waals surface area contributed by atoms with Gasteiger partial charge >= 0.3 is 0 Å². The third-order valence-electron chi connectivity index (χ3n) is 5.60. The molecule has 2 saturated heterocycles. The van der Waals surface area contributed by atoms with Gasteiger partial charge in [0, 0.05) is 50.0 Å². The lowest BCUT2D eigenvalue weighted by Gasteiger charge is -2.43. The normalized spacial score (nSPS) is 22.7. The number of likely N-dealkylation sites (N-methyl/N-ethyl adjacent to an activating group) is 1. The van der Waals surface area contributed by atoms with E-state index in [1.165, 1.54) is 0 Å². The molecule has 3 rings (SSSR count). The molecule has 2 aliphatic heterocycles. The summed E-state index contributed by atoms with van der Waals surface area (Å²) in [5, 5.41) is 12.7. The van der Waals surface area contributed by atoms with Crippen LogP contribution in [0.15, 0.2) is 24.3 Å². The molecule has 2 aliphatic rings. The number of phenols is 1. The minimum atomic E-state index is -0.371. The maximum atomic E-state index is 12.7. The summed E-state index contributed by atoms with van der Waals surface area (Å²) in [6.07, 6.45) is 1.94. The Morgan fingerprint density at radius 3 is 2.77 bits per heavy atom. The summed E-state index contributed by atoms with van der Waals surface area (Å²) >= 11 is 0. The van der Waals surface area contributed by atoms with Crippen LogP contribution in [0, 0.1) is 5.92 Å². The summed E-state index contributed by atoms with van der Waals surface area (Å²) in [6.45, 7) is 2.29. The predicted octanol–water partition coefficient (Wildman–Crippen LogP) is 0.972. The molecule has 1 aromatic rings. The number of rotatable bonds is 5. The van der Waals surface area contributed by atoms with E-state index in [2.05, 4.69) is 10.2 Å². The highest BCUT2D eigenvalue weighted by Crippen LogP contribution is 2.28. The largest absolute Gasteiger partial charge is 0.508 e. The van der Waals surface area contributed by atoms with Crippen molar-refractivity contribution in [3.05, 3.63) is 24.3 Å². The molecule has 0 saturated carbocycles. The molecule has 0 bridgehead atoms. The van der Waals surface area contributed by atoms with Crippen LogP contribution < -0.4 is 10.2 Å². The third kappa shape index (κ3) is 3.83. The van der Waals surface area contributed by atoms with E-state index in [9.17, 15) is 14.7 Å². The van der Waals surface area contributed by atoms with E-state index in [0.717, 1.165) is 12.8 Å². The smallest absolute Gasteiger partial charge is 0.227 e. The highest BCUT2D eigenvalue weighted by atomic mass is 16.5. The van der Waals surface area contributed by atoms with Crippen LogP contribution in [0.5, 0.6) is 5.75 Å². The zero-order chi connectivity index (χ0) is 18.7. The molecule has 2 N–H and O–H groups in total. The second-order valence-electron chi connectivity index (χ2n) is 7.37.